The summed E-state index contributed by atoms with van der Waals surface area (Å²) in [6, 6.07) is 9.68. The number of ether oxygens (including phenoxy) is 2. The number of likely N-dealkylation sites (tertiary alicyclic amines) is 1. The van der Waals surface area contributed by atoms with Gasteiger partial charge in [-0.25, -0.2) is 4.79 Å². The molecule has 6 heteroatoms. The lowest BCUT2D eigenvalue weighted by Gasteiger charge is -2.29. The van der Waals surface area contributed by atoms with Gasteiger partial charge in [-0.15, -0.1) is 11.3 Å². The first-order valence-corrected chi connectivity index (χ1v) is 9.44. The Morgan fingerprint density at radius 2 is 2.00 bits per heavy atom. The third-order valence-electron chi connectivity index (χ3n) is 4.52. The SMILES string of the molecule is COc1ccc(NC(=O)N2CCCCC[C@@H]2c2cccs2)cc1OC. The second-order valence-electron chi connectivity index (χ2n) is 6.07. The highest BCUT2D eigenvalue weighted by molar-refractivity contribution is 7.10. The maximum Gasteiger partial charge on any atom is 0.322 e. The number of hydrogen-bond acceptors (Lipinski definition) is 4. The topological polar surface area (TPSA) is 50.8 Å². The monoisotopic (exact) mass is 360 g/mol. The van der Waals surface area contributed by atoms with Gasteiger partial charge >= 0.3 is 6.03 Å². The number of carbonyl (C=O) groups excluding carboxylic acids is 1. The van der Waals surface area contributed by atoms with Gasteiger partial charge in [-0.3, -0.25) is 0 Å². The summed E-state index contributed by atoms with van der Waals surface area (Å²) in [5, 5.41) is 5.09. The van der Waals surface area contributed by atoms with Crippen LogP contribution in [0.1, 0.15) is 36.6 Å². The van der Waals surface area contributed by atoms with E-state index in [-0.39, 0.29) is 12.1 Å². The van der Waals surface area contributed by atoms with Gasteiger partial charge in [0.05, 0.1) is 20.3 Å². The molecule has 0 unspecified atom stereocenters. The zero-order valence-corrected chi connectivity index (χ0v) is 15.5. The van der Waals surface area contributed by atoms with E-state index in [2.05, 4.69) is 22.8 Å². The maximum absolute atomic E-state index is 12.9. The molecule has 1 N–H and O–H groups in total. The minimum atomic E-state index is -0.0625. The summed E-state index contributed by atoms with van der Waals surface area (Å²) in [7, 11) is 3.18. The van der Waals surface area contributed by atoms with Crippen LogP contribution in [0.5, 0.6) is 11.5 Å². The zero-order valence-electron chi connectivity index (χ0n) is 14.7. The van der Waals surface area contributed by atoms with E-state index < -0.39 is 0 Å². The predicted molar refractivity (Wildman–Crippen MR) is 101 cm³/mol. The largest absolute Gasteiger partial charge is 0.493 e. The summed E-state index contributed by atoms with van der Waals surface area (Å²) < 4.78 is 10.6. The van der Waals surface area contributed by atoms with Crippen molar-refractivity contribution in [2.75, 3.05) is 26.1 Å². The molecule has 0 spiro atoms. The molecule has 25 heavy (non-hydrogen) atoms. The molecule has 0 aliphatic carbocycles. The van der Waals surface area contributed by atoms with Crippen molar-refractivity contribution >= 4 is 23.1 Å². The Bertz CT molecular complexity index is 703. The van der Waals surface area contributed by atoms with Gasteiger partial charge in [-0.05, 0) is 36.4 Å². The summed E-state index contributed by atoms with van der Waals surface area (Å²) in [6.07, 6.45) is 4.38. The van der Waals surface area contributed by atoms with Gasteiger partial charge in [0, 0.05) is 23.2 Å². The van der Waals surface area contributed by atoms with Gasteiger partial charge in [0.15, 0.2) is 11.5 Å². The van der Waals surface area contributed by atoms with Gasteiger partial charge in [0.25, 0.3) is 0 Å². The lowest BCUT2D eigenvalue weighted by Crippen LogP contribution is -2.37. The van der Waals surface area contributed by atoms with E-state index in [1.165, 1.54) is 11.3 Å². The third kappa shape index (κ3) is 4.07. The lowest BCUT2D eigenvalue weighted by molar-refractivity contribution is 0.190. The van der Waals surface area contributed by atoms with E-state index >= 15 is 0 Å². The Morgan fingerprint density at radius 3 is 2.72 bits per heavy atom. The smallest absolute Gasteiger partial charge is 0.322 e. The molecule has 2 amide bonds. The van der Waals surface area contributed by atoms with Gasteiger partial charge in [0.1, 0.15) is 0 Å². The fourth-order valence-electron chi connectivity index (χ4n) is 3.24. The molecule has 1 aliphatic heterocycles. The molecule has 1 fully saturated rings. The zero-order chi connectivity index (χ0) is 17.6. The number of methoxy groups -OCH3 is 2. The van der Waals surface area contributed by atoms with E-state index in [0.717, 1.165) is 25.8 Å². The van der Waals surface area contributed by atoms with E-state index in [4.69, 9.17) is 9.47 Å². The third-order valence-corrected chi connectivity index (χ3v) is 5.49. The molecule has 0 radical (unpaired) electrons. The van der Waals surface area contributed by atoms with Crippen LogP contribution in [0.25, 0.3) is 0 Å². The number of anilines is 1. The van der Waals surface area contributed by atoms with E-state index in [1.807, 2.05) is 11.0 Å². The van der Waals surface area contributed by atoms with Crippen molar-refractivity contribution in [1.82, 2.24) is 4.90 Å². The Balaban J connectivity index is 1.78. The molecule has 0 saturated carbocycles. The van der Waals surface area contributed by atoms with Crippen LogP contribution in [0.15, 0.2) is 35.7 Å². The normalized spacial score (nSPS) is 17.7. The molecule has 2 aromatic rings. The summed E-state index contributed by atoms with van der Waals surface area (Å²) in [5.41, 5.74) is 0.705. The minimum Gasteiger partial charge on any atom is -0.493 e. The summed E-state index contributed by atoms with van der Waals surface area (Å²) in [6.45, 7) is 0.779. The summed E-state index contributed by atoms with van der Waals surface area (Å²) in [4.78, 5) is 16.1. The molecule has 2 heterocycles. The number of hydrogen-bond donors (Lipinski definition) is 1. The van der Waals surface area contributed by atoms with Gasteiger partial charge in [0.2, 0.25) is 0 Å². The number of urea groups is 1. The summed E-state index contributed by atoms with van der Waals surface area (Å²) >= 11 is 1.72. The number of thiophene rings is 1. The first kappa shape index (κ1) is 17.6. The molecule has 1 aliphatic rings. The lowest BCUT2D eigenvalue weighted by atomic mass is 10.1. The Labute approximate surface area is 152 Å². The van der Waals surface area contributed by atoms with Crippen molar-refractivity contribution in [2.24, 2.45) is 0 Å². The van der Waals surface area contributed by atoms with Crippen LogP contribution in [-0.4, -0.2) is 31.7 Å². The second-order valence-corrected chi connectivity index (χ2v) is 7.05. The van der Waals surface area contributed by atoms with Gasteiger partial charge in [-0.1, -0.05) is 18.9 Å². The van der Waals surface area contributed by atoms with Crippen LogP contribution >= 0.6 is 11.3 Å². The van der Waals surface area contributed by atoms with Gasteiger partial charge < -0.3 is 19.7 Å². The van der Waals surface area contributed by atoms with Crippen LogP contribution in [-0.2, 0) is 0 Å². The average molecular weight is 360 g/mol. The van der Waals surface area contributed by atoms with E-state index in [9.17, 15) is 4.79 Å². The Kier molecular flexibility index (Phi) is 5.81. The minimum absolute atomic E-state index is 0.0625. The van der Waals surface area contributed by atoms with Crippen LogP contribution in [0.4, 0.5) is 10.5 Å². The van der Waals surface area contributed by atoms with Crippen LogP contribution in [0.2, 0.25) is 0 Å². The molecule has 1 aromatic heterocycles. The standard InChI is InChI=1S/C19H24N2O3S/c1-23-16-10-9-14(13-17(16)24-2)20-19(22)21-11-5-3-4-7-15(21)18-8-6-12-25-18/h6,8-10,12-13,15H,3-5,7,11H2,1-2H3,(H,20,22)/t15-/m1/s1. The number of nitrogens with zero attached hydrogens (tertiary/aromatic N) is 1. The maximum atomic E-state index is 12.9. The van der Waals surface area contributed by atoms with Crippen LogP contribution < -0.4 is 14.8 Å². The highest BCUT2D eigenvalue weighted by Gasteiger charge is 2.27. The quantitative estimate of drug-likeness (QED) is 0.842. The van der Waals surface area contributed by atoms with Crippen molar-refractivity contribution in [3.05, 3.63) is 40.6 Å². The van der Waals surface area contributed by atoms with Crippen LogP contribution in [0, 0.1) is 0 Å². The number of nitrogens with one attached hydrogen (secondary N) is 1. The van der Waals surface area contributed by atoms with Crippen molar-refractivity contribution in [1.29, 1.82) is 0 Å². The molecule has 1 atom stereocenters. The van der Waals surface area contributed by atoms with E-state index in [0.29, 0.717) is 17.2 Å². The predicted octanol–water partition coefficient (Wildman–Crippen LogP) is 4.91. The van der Waals surface area contributed by atoms with Crippen molar-refractivity contribution in [3.8, 4) is 11.5 Å². The molecule has 5 nitrogen and oxygen atoms in total. The molecule has 1 aromatic carbocycles. The number of rotatable bonds is 4. The van der Waals surface area contributed by atoms with Crippen LogP contribution in [0.3, 0.4) is 0 Å². The Morgan fingerprint density at radius 1 is 1.16 bits per heavy atom. The summed E-state index contributed by atoms with van der Waals surface area (Å²) in [5.74, 6) is 1.25. The average Bonchev–Trinajstić information content (AvgIpc) is 3.05. The molecule has 0 bridgehead atoms. The molecular weight excluding hydrogens is 336 g/mol. The van der Waals surface area contributed by atoms with Crippen molar-refractivity contribution < 1.29 is 14.3 Å². The first-order chi connectivity index (χ1) is 12.2. The first-order valence-electron chi connectivity index (χ1n) is 8.56. The van der Waals surface area contributed by atoms with Crippen molar-refractivity contribution in [2.45, 2.75) is 31.7 Å². The molecule has 1 saturated heterocycles. The highest BCUT2D eigenvalue weighted by atomic mass is 32.1. The highest BCUT2D eigenvalue weighted by Crippen LogP contribution is 2.34. The molecule has 134 valence electrons. The fraction of sp³-hybridized carbons (Fsp3) is 0.421. The van der Waals surface area contributed by atoms with Crippen molar-refractivity contribution in [3.63, 3.8) is 0 Å². The number of carbonyl (C=O) groups is 1. The molecular formula is C19H24N2O3S. The number of benzene rings is 1. The Hall–Kier alpha value is -2.21. The fourth-order valence-corrected chi connectivity index (χ4v) is 4.11. The number of amides is 2. The second kappa shape index (κ2) is 8.25. The van der Waals surface area contributed by atoms with Gasteiger partial charge in [-0.2, -0.15) is 0 Å². The van der Waals surface area contributed by atoms with E-state index in [1.54, 1.807) is 37.7 Å². The molecule has 3 rings (SSSR count).